The molecule has 1 atom stereocenters. The molecule has 156 valence electrons. The standard InChI is InChI=1S/C18H19ClF3N5OS/c1-11-15(10-24-25-17(29)23-9-14-6-3-7-28-14)16(19)27(26-11)13-5-2-4-12(8-13)18(20,21)22/h2,4-5,8,10,14H,3,6-7,9H2,1H3,(H2,23,25,29)/b24-10-/t14-/m1/s1. The third kappa shape index (κ3) is 5.46. The number of nitrogens with one attached hydrogen (secondary N) is 2. The molecule has 0 amide bonds. The summed E-state index contributed by atoms with van der Waals surface area (Å²) in [6.45, 7) is 3.04. The van der Waals surface area contributed by atoms with Crippen molar-refractivity contribution in [3.8, 4) is 5.69 Å². The third-order valence-electron chi connectivity index (χ3n) is 4.34. The topological polar surface area (TPSA) is 63.5 Å². The van der Waals surface area contributed by atoms with E-state index in [1.165, 1.54) is 23.0 Å². The largest absolute Gasteiger partial charge is 0.416 e. The van der Waals surface area contributed by atoms with Crippen LogP contribution >= 0.6 is 23.8 Å². The van der Waals surface area contributed by atoms with Gasteiger partial charge in [-0.05, 0) is 50.2 Å². The third-order valence-corrected chi connectivity index (χ3v) is 4.94. The van der Waals surface area contributed by atoms with Crippen molar-refractivity contribution in [2.24, 2.45) is 5.10 Å². The van der Waals surface area contributed by atoms with Crippen molar-refractivity contribution in [3.63, 3.8) is 0 Å². The van der Waals surface area contributed by atoms with Gasteiger partial charge in [0.05, 0.1) is 34.8 Å². The number of alkyl halides is 3. The fourth-order valence-corrected chi connectivity index (χ4v) is 3.31. The van der Waals surface area contributed by atoms with Gasteiger partial charge < -0.3 is 10.1 Å². The van der Waals surface area contributed by atoms with E-state index in [0.717, 1.165) is 31.6 Å². The van der Waals surface area contributed by atoms with E-state index in [1.54, 1.807) is 6.92 Å². The van der Waals surface area contributed by atoms with Crippen LogP contribution in [0.15, 0.2) is 29.4 Å². The minimum atomic E-state index is -4.45. The molecule has 11 heteroatoms. The second-order valence-electron chi connectivity index (χ2n) is 6.46. The molecular formula is C18H19ClF3N5OS. The van der Waals surface area contributed by atoms with Crippen LogP contribution in [0.4, 0.5) is 13.2 Å². The van der Waals surface area contributed by atoms with Gasteiger partial charge in [0.1, 0.15) is 5.15 Å². The molecule has 1 aliphatic heterocycles. The van der Waals surface area contributed by atoms with Gasteiger partial charge in [-0.2, -0.15) is 23.4 Å². The maximum absolute atomic E-state index is 13.0. The Morgan fingerprint density at radius 2 is 2.28 bits per heavy atom. The maximum Gasteiger partial charge on any atom is 0.416 e. The monoisotopic (exact) mass is 445 g/mol. The van der Waals surface area contributed by atoms with Gasteiger partial charge in [0.15, 0.2) is 5.11 Å². The fraction of sp³-hybridized carbons (Fsp3) is 0.389. The molecule has 0 spiro atoms. The van der Waals surface area contributed by atoms with E-state index in [9.17, 15) is 13.2 Å². The molecule has 3 rings (SSSR count). The summed E-state index contributed by atoms with van der Waals surface area (Å²) in [7, 11) is 0. The van der Waals surface area contributed by atoms with Crippen molar-refractivity contribution >= 4 is 35.1 Å². The van der Waals surface area contributed by atoms with Gasteiger partial charge in [0, 0.05) is 13.2 Å². The van der Waals surface area contributed by atoms with Crippen LogP contribution in [-0.2, 0) is 10.9 Å². The minimum Gasteiger partial charge on any atom is -0.376 e. The average Bonchev–Trinajstić information content (AvgIpc) is 3.29. The molecule has 1 aliphatic rings. The highest BCUT2D eigenvalue weighted by Crippen LogP contribution is 2.31. The molecule has 1 aromatic carbocycles. The predicted octanol–water partition coefficient (Wildman–Crippen LogP) is 3.83. The highest BCUT2D eigenvalue weighted by atomic mass is 35.5. The lowest BCUT2D eigenvalue weighted by Crippen LogP contribution is -2.37. The Morgan fingerprint density at radius 1 is 1.48 bits per heavy atom. The quantitative estimate of drug-likeness (QED) is 0.416. The first-order valence-corrected chi connectivity index (χ1v) is 9.65. The molecular weight excluding hydrogens is 427 g/mol. The molecule has 0 aliphatic carbocycles. The molecule has 1 saturated heterocycles. The maximum atomic E-state index is 13.0. The Hall–Kier alpha value is -2.17. The molecule has 0 radical (unpaired) electrons. The molecule has 2 heterocycles. The van der Waals surface area contributed by atoms with Crippen LogP contribution in [0.25, 0.3) is 5.69 Å². The number of aryl methyl sites for hydroxylation is 1. The number of hydrogen-bond acceptors (Lipinski definition) is 4. The van der Waals surface area contributed by atoms with Gasteiger partial charge >= 0.3 is 6.18 Å². The van der Waals surface area contributed by atoms with Gasteiger partial charge in [0.2, 0.25) is 0 Å². The Balaban J connectivity index is 1.68. The zero-order chi connectivity index (χ0) is 21.0. The van der Waals surface area contributed by atoms with Crippen molar-refractivity contribution in [2.45, 2.75) is 32.0 Å². The Labute approximate surface area is 176 Å². The molecule has 1 aromatic heterocycles. The number of benzene rings is 1. The van der Waals surface area contributed by atoms with Gasteiger partial charge in [-0.15, -0.1) is 0 Å². The SMILES string of the molecule is Cc1nn(-c2cccc(C(F)(F)F)c2)c(Cl)c1/C=N\NC(=S)NC[C@H]1CCCO1. The molecule has 1 fully saturated rings. The number of ether oxygens (including phenoxy) is 1. The highest BCUT2D eigenvalue weighted by Gasteiger charge is 2.30. The van der Waals surface area contributed by atoms with Crippen LogP contribution in [0, 0.1) is 6.92 Å². The summed E-state index contributed by atoms with van der Waals surface area (Å²) >= 11 is 11.5. The van der Waals surface area contributed by atoms with E-state index in [-0.39, 0.29) is 16.9 Å². The van der Waals surface area contributed by atoms with Gasteiger partial charge in [-0.1, -0.05) is 17.7 Å². The normalized spacial score (nSPS) is 17.1. The van der Waals surface area contributed by atoms with Crippen LogP contribution in [0.3, 0.4) is 0 Å². The zero-order valence-corrected chi connectivity index (χ0v) is 17.0. The van der Waals surface area contributed by atoms with Crippen LogP contribution in [-0.4, -0.2) is 40.4 Å². The minimum absolute atomic E-state index is 0.140. The molecule has 29 heavy (non-hydrogen) atoms. The summed E-state index contributed by atoms with van der Waals surface area (Å²) in [5, 5.41) is 11.7. The lowest BCUT2D eigenvalue weighted by Gasteiger charge is -2.11. The number of halogens is 4. The van der Waals surface area contributed by atoms with Gasteiger partial charge in [0.25, 0.3) is 0 Å². The Bertz CT molecular complexity index is 909. The van der Waals surface area contributed by atoms with E-state index < -0.39 is 11.7 Å². The van der Waals surface area contributed by atoms with E-state index >= 15 is 0 Å². The summed E-state index contributed by atoms with van der Waals surface area (Å²) in [6, 6.07) is 4.78. The molecule has 0 unspecified atom stereocenters. The van der Waals surface area contributed by atoms with E-state index in [4.69, 9.17) is 28.6 Å². The second-order valence-corrected chi connectivity index (χ2v) is 7.23. The smallest absolute Gasteiger partial charge is 0.376 e. The van der Waals surface area contributed by atoms with Crippen LogP contribution in [0.1, 0.15) is 29.7 Å². The van der Waals surface area contributed by atoms with Crippen LogP contribution in [0.2, 0.25) is 5.15 Å². The lowest BCUT2D eigenvalue weighted by molar-refractivity contribution is -0.137. The van der Waals surface area contributed by atoms with Gasteiger partial charge in [-0.25, -0.2) is 4.68 Å². The molecule has 2 aromatic rings. The molecule has 6 nitrogen and oxygen atoms in total. The summed E-state index contributed by atoms with van der Waals surface area (Å²) in [5.74, 6) is 0. The molecule has 2 N–H and O–H groups in total. The first-order chi connectivity index (χ1) is 13.8. The van der Waals surface area contributed by atoms with E-state index in [1.807, 2.05) is 0 Å². The first kappa shape index (κ1) is 21.5. The summed E-state index contributed by atoms with van der Waals surface area (Å²) < 4.78 is 45.6. The van der Waals surface area contributed by atoms with Crippen LogP contribution < -0.4 is 10.7 Å². The first-order valence-electron chi connectivity index (χ1n) is 8.87. The van der Waals surface area contributed by atoms with Crippen molar-refractivity contribution in [1.82, 2.24) is 20.5 Å². The number of rotatable bonds is 5. The Morgan fingerprint density at radius 3 is 2.97 bits per heavy atom. The van der Waals surface area contributed by atoms with Crippen LogP contribution in [0.5, 0.6) is 0 Å². The average molecular weight is 446 g/mol. The lowest BCUT2D eigenvalue weighted by atomic mass is 10.2. The highest BCUT2D eigenvalue weighted by molar-refractivity contribution is 7.80. The fourth-order valence-electron chi connectivity index (χ4n) is 2.85. The number of hydrazone groups is 1. The van der Waals surface area contributed by atoms with Crippen molar-refractivity contribution in [1.29, 1.82) is 0 Å². The number of aromatic nitrogens is 2. The zero-order valence-electron chi connectivity index (χ0n) is 15.5. The molecule has 0 saturated carbocycles. The van der Waals surface area contributed by atoms with Gasteiger partial charge in [-0.3, -0.25) is 5.43 Å². The molecule has 0 bridgehead atoms. The van der Waals surface area contributed by atoms with E-state index in [0.29, 0.717) is 22.9 Å². The second kappa shape index (κ2) is 9.10. The Kier molecular flexibility index (Phi) is 6.76. The van der Waals surface area contributed by atoms with Crippen molar-refractivity contribution in [2.75, 3.05) is 13.2 Å². The van der Waals surface area contributed by atoms with E-state index in [2.05, 4.69) is 20.9 Å². The number of hydrogen-bond donors (Lipinski definition) is 2. The summed E-state index contributed by atoms with van der Waals surface area (Å²) in [5.41, 5.74) is 3.08. The summed E-state index contributed by atoms with van der Waals surface area (Å²) in [4.78, 5) is 0. The van der Waals surface area contributed by atoms with Crippen molar-refractivity contribution in [3.05, 3.63) is 46.2 Å². The summed E-state index contributed by atoms with van der Waals surface area (Å²) in [6.07, 6.45) is -0.859. The predicted molar refractivity (Wildman–Crippen MR) is 109 cm³/mol. The number of nitrogens with zero attached hydrogens (tertiary/aromatic N) is 3. The van der Waals surface area contributed by atoms with Crippen molar-refractivity contribution < 1.29 is 17.9 Å². The number of thiocarbonyl (C=S) groups is 1.